The number of halogens is 1. The van der Waals surface area contributed by atoms with Crippen LogP contribution in [-0.4, -0.2) is 23.7 Å². The molecule has 7 heteroatoms. The summed E-state index contributed by atoms with van der Waals surface area (Å²) in [6.07, 6.45) is 2.25. The lowest BCUT2D eigenvalue weighted by atomic mass is 10.2. The standard InChI is InChI=1S/C13H14ClN3O2S/c14-12-4-3-11(20-12)10-5-8(17-19-10)13(18)16-9(6-15)7-1-2-7/h3-5,7,9H,1-2,6,15H2,(H,16,18). The van der Waals surface area contributed by atoms with Crippen molar-refractivity contribution in [3.05, 3.63) is 28.2 Å². The van der Waals surface area contributed by atoms with Crippen LogP contribution in [0.3, 0.4) is 0 Å². The van der Waals surface area contributed by atoms with Gasteiger partial charge in [-0.05, 0) is 30.9 Å². The van der Waals surface area contributed by atoms with Crippen molar-refractivity contribution in [1.29, 1.82) is 0 Å². The van der Waals surface area contributed by atoms with Crippen LogP contribution in [0.25, 0.3) is 10.6 Å². The van der Waals surface area contributed by atoms with Crippen molar-refractivity contribution in [3.8, 4) is 10.6 Å². The van der Waals surface area contributed by atoms with E-state index < -0.39 is 0 Å². The first-order valence-electron chi connectivity index (χ1n) is 6.40. The molecule has 1 aliphatic carbocycles. The van der Waals surface area contributed by atoms with Gasteiger partial charge in [0.05, 0.1) is 9.21 Å². The number of nitrogens with zero attached hydrogens (tertiary/aromatic N) is 1. The summed E-state index contributed by atoms with van der Waals surface area (Å²) in [6.45, 7) is 0.446. The Morgan fingerprint density at radius 1 is 1.60 bits per heavy atom. The van der Waals surface area contributed by atoms with Crippen LogP contribution in [0.15, 0.2) is 22.7 Å². The van der Waals surface area contributed by atoms with Crippen molar-refractivity contribution in [3.63, 3.8) is 0 Å². The Morgan fingerprint density at radius 3 is 3.00 bits per heavy atom. The van der Waals surface area contributed by atoms with Gasteiger partial charge in [-0.1, -0.05) is 16.8 Å². The molecular weight excluding hydrogens is 298 g/mol. The summed E-state index contributed by atoms with van der Waals surface area (Å²) in [5.41, 5.74) is 5.93. The van der Waals surface area contributed by atoms with Gasteiger partial charge in [0.1, 0.15) is 0 Å². The molecule has 1 amide bonds. The smallest absolute Gasteiger partial charge is 0.273 e. The number of carbonyl (C=O) groups is 1. The zero-order valence-corrected chi connectivity index (χ0v) is 12.2. The molecule has 1 unspecified atom stereocenters. The summed E-state index contributed by atoms with van der Waals surface area (Å²) < 4.78 is 5.85. The lowest BCUT2D eigenvalue weighted by Gasteiger charge is -2.14. The van der Waals surface area contributed by atoms with Gasteiger partial charge >= 0.3 is 0 Å². The van der Waals surface area contributed by atoms with Crippen molar-refractivity contribution < 1.29 is 9.32 Å². The fraction of sp³-hybridized carbons (Fsp3) is 0.385. The number of hydrogen-bond acceptors (Lipinski definition) is 5. The van der Waals surface area contributed by atoms with Gasteiger partial charge in [0.25, 0.3) is 5.91 Å². The number of aromatic nitrogens is 1. The third-order valence-corrected chi connectivity index (χ3v) is 4.57. The Bertz CT molecular complexity index is 621. The lowest BCUT2D eigenvalue weighted by Crippen LogP contribution is -2.41. The van der Waals surface area contributed by atoms with Gasteiger partial charge in [0.15, 0.2) is 11.5 Å². The van der Waals surface area contributed by atoms with Gasteiger partial charge in [0.2, 0.25) is 0 Å². The van der Waals surface area contributed by atoms with Crippen LogP contribution in [0.1, 0.15) is 23.3 Å². The van der Waals surface area contributed by atoms with E-state index in [1.165, 1.54) is 11.3 Å². The van der Waals surface area contributed by atoms with Crippen LogP contribution < -0.4 is 11.1 Å². The maximum atomic E-state index is 12.1. The number of carbonyl (C=O) groups excluding carboxylic acids is 1. The molecule has 3 N–H and O–H groups in total. The van der Waals surface area contributed by atoms with E-state index in [4.69, 9.17) is 21.9 Å². The summed E-state index contributed by atoms with van der Waals surface area (Å²) in [5.74, 6) is 0.805. The second-order valence-electron chi connectivity index (χ2n) is 4.83. The van der Waals surface area contributed by atoms with Crippen molar-refractivity contribution >= 4 is 28.8 Å². The van der Waals surface area contributed by atoms with Crippen molar-refractivity contribution in [2.75, 3.05) is 6.54 Å². The number of nitrogens with two attached hydrogens (primary N) is 1. The van der Waals surface area contributed by atoms with Crippen LogP contribution in [0.4, 0.5) is 0 Å². The summed E-state index contributed by atoms with van der Waals surface area (Å²) in [7, 11) is 0. The molecular formula is C13H14ClN3O2S. The molecule has 5 nitrogen and oxygen atoms in total. The Morgan fingerprint density at radius 2 is 2.40 bits per heavy atom. The fourth-order valence-electron chi connectivity index (χ4n) is 2.06. The second-order valence-corrected chi connectivity index (χ2v) is 6.55. The second kappa shape index (κ2) is 5.55. The molecule has 20 heavy (non-hydrogen) atoms. The largest absolute Gasteiger partial charge is 0.355 e. The topological polar surface area (TPSA) is 81.1 Å². The van der Waals surface area contributed by atoms with E-state index in [-0.39, 0.29) is 17.6 Å². The maximum Gasteiger partial charge on any atom is 0.273 e. The molecule has 1 fully saturated rings. The first-order chi connectivity index (χ1) is 9.67. The first kappa shape index (κ1) is 13.6. The van der Waals surface area contributed by atoms with Gasteiger partial charge < -0.3 is 15.6 Å². The Hall–Kier alpha value is -1.37. The Labute approximate surface area is 125 Å². The molecule has 106 valence electrons. The quantitative estimate of drug-likeness (QED) is 0.889. The normalized spacial score (nSPS) is 16.1. The molecule has 1 saturated carbocycles. The minimum absolute atomic E-state index is 0.0267. The number of rotatable bonds is 5. The van der Waals surface area contributed by atoms with Crippen LogP contribution in [0, 0.1) is 5.92 Å². The molecule has 0 aliphatic heterocycles. The molecule has 0 radical (unpaired) electrons. The van der Waals surface area contributed by atoms with E-state index in [1.54, 1.807) is 12.1 Å². The van der Waals surface area contributed by atoms with Crippen LogP contribution in [-0.2, 0) is 0 Å². The Balaban J connectivity index is 1.71. The molecule has 2 aromatic rings. The van der Waals surface area contributed by atoms with Gasteiger partial charge in [-0.2, -0.15) is 0 Å². The monoisotopic (exact) mass is 311 g/mol. The zero-order chi connectivity index (χ0) is 14.1. The maximum absolute atomic E-state index is 12.1. The minimum atomic E-state index is -0.245. The van der Waals surface area contributed by atoms with Gasteiger partial charge in [-0.15, -0.1) is 11.3 Å². The van der Waals surface area contributed by atoms with Gasteiger partial charge in [-0.3, -0.25) is 4.79 Å². The van der Waals surface area contributed by atoms with Crippen LogP contribution in [0.2, 0.25) is 4.34 Å². The number of amides is 1. The highest BCUT2D eigenvalue weighted by molar-refractivity contribution is 7.19. The highest BCUT2D eigenvalue weighted by Crippen LogP contribution is 2.33. The number of hydrogen-bond donors (Lipinski definition) is 2. The first-order valence-corrected chi connectivity index (χ1v) is 7.60. The predicted molar refractivity (Wildman–Crippen MR) is 77.9 cm³/mol. The molecule has 0 bridgehead atoms. The van der Waals surface area contributed by atoms with Crippen molar-refractivity contribution in [1.82, 2.24) is 10.5 Å². The zero-order valence-electron chi connectivity index (χ0n) is 10.6. The molecule has 2 aromatic heterocycles. The van der Waals surface area contributed by atoms with E-state index in [2.05, 4.69) is 10.5 Å². The van der Waals surface area contributed by atoms with Gasteiger partial charge in [-0.25, -0.2) is 0 Å². The van der Waals surface area contributed by atoms with Gasteiger partial charge in [0, 0.05) is 18.7 Å². The van der Waals surface area contributed by atoms with E-state index in [0.717, 1.165) is 17.7 Å². The fourth-order valence-corrected chi connectivity index (χ4v) is 3.05. The van der Waals surface area contributed by atoms with E-state index in [9.17, 15) is 4.79 Å². The highest BCUT2D eigenvalue weighted by atomic mass is 35.5. The summed E-state index contributed by atoms with van der Waals surface area (Å²) >= 11 is 7.25. The lowest BCUT2D eigenvalue weighted by molar-refractivity contribution is 0.0924. The van der Waals surface area contributed by atoms with E-state index in [1.807, 2.05) is 6.07 Å². The van der Waals surface area contributed by atoms with Crippen molar-refractivity contribution in [2.45, 2.75) is 18.9 Å². The third kappa shape index (κ3) is 2.87. The SMILES string of the molecule is NCC(NC(=O)c1cc(-c2ccc(Cl)s2)on1)C1CC1. The average molecular weight is 312 g/mol. The molecule has 1 atom stereocenters. The Kier molecular flexibility index (Phi) is 3.78. The highest BCUT2D eigenvalue weighted by Gasteiger charge is 2.32. The molecule has 2 heterocycles. The van der Waals surface area contributed by atoms with Crippen LogP contribution in [0.5, 0.6) is 0 Å². The molecule has 0 spiro atoms. The average Bonchev–Trinajstić information content (AvgIpc) is 2.99. The summed E-state index contributed by atoms with van der Waals surface area (Å²) in [6, 6.07) is 5.26. The van der Waals surface area contributed by atoms with E-state index >= 15 is 0 Å². The molecule has 3 rings (SSSR count). The van der Waals surface area contributed by atoms with Crippen LogP contribution >= 0.6 is 22.9 Å². The third-order valence-electron chi connectivity index (χ3n) is 3.32. The number of nitrogens with one attached hydrogen (secondary N) is 1. The molecule has 1 aliphatic rings. The minimum Gasteiger partial charge on any atom is -0.355 e. The number of thiophene rings is 1. The molecule has 0 aromatic carbocycles. The van der Waals surface area contributed by atoms with E-state index in [0.29, 0.717) is 22.6 Å². The van der Waals surface area contributed by atoms with Crippen molar-refractivity contribution in [2.24, 2.45) is 11.7 Å². The summed E-state index contributed by atoms with van der Waals surface area (Å²) in [5, 5.41) is 6.71. The summed E-state index contributed by atoms with van der Waals surface area (Å²) in [4.78, 5) is 12.9. The molecule has 0 saturated heterocycles. The predicted octanol–water partition coefficient (Wildman–Crippen LogP) is 2.52.